The van der Waals surface area contributed by atoms with E-state index in [9.17, 15) is 4.79 Å². The Balaban J connectivity index is 2.49. The summed E-state index contributed by atoms with van der Waals surface area (Å²) in [4.78, 5) is 11.9. The van der Waals surface area contributed by atoms with Crippen LogP contribution in [0.4, 0.5) is 0 Å². The zero-order valence-corrected chi connectivity index (χ0v) is 12.6. The first kappa shape index (κ1) is 15.5. The first-order valence-corrected chi connectivity index (χ1v) is 6.91. The summed E-state index contributed by atoms with van der Waals surface area (Å²) in [6.07, 6.45) is 0.524. The molecule has 0 aromatic heterocycles. The van der Waals surface area contributed by atoms with Crippen LogP contribution in [0.15, 0.2) is 18.2 Å². The van der Waals surface area contributed by atoms with Crippen molar-refractivity contribution in [2.75, 3.05) is 6.54 Å². The van der Waals surface area contributed by atoms with Gasteiger partial charge in [0.25, 0.3) is 5.91 Å². The second-order valence-corrected chi connectivity index (χ2v) is 5.50. The van der Waals surface area contributed by atoms with Gasteiger partial charge in [0.1, 0.15) is 5.75 Å². The fraction of sp³-hybridized carbons (Fsp3) is 0.562. The van der Waals surface area contributed by atoms with Crippen LogP contribution in [0.3, 0.4) is 0 Å². The van der Waals surface area contributed by atoms with E-state index in [2.05, 4.69) is 25.2 Å². The maximum absolute atomic E-state index is 11.9. The van der Waals surface area contributed by atoms with Crippen LogP contribution in [0.25, 0.3) is 0 Å². The van der Waals surface area contributed by atoms with Gasteiger partial charge in [-0.3, -0.25) is 4.79 Å². The van der Waals surface area contributed by atoms with E-state index in [4.69, 9.17) is 4.74 Å². The number of carbonyl (C=O) groups excluding carboxylic acids is 1. The maximum Gasteiger partial charge on any atom is 0.260 e. The fourth-order valence-electron chi connectivity index (χ4n) is 1.80. The fourth-order valence-corrected chi connectivity index (χ4v) is 1.80. The van der Waals surface area contributed by atoms with Crippen LogP contribution in [0, 0.1) is 19.8 Å². The molecule has 1 N–H and O–H groups in total. The van der Waals surface area contributed by atoms with Gasteiger partial charge in [-0.15, -0.1) is 0 Å². The summed E-state index contributed by atoms with van der Waals surface area (Å²) in [6.45, 7) is 10.8. The maximum atomic E-state index is 11.9. The van der Waals surface area contributed by atoms with E-state index in [1.54, 1.807) is 6.92 Å². The standard InChI is InChI=1S/C16H25NO2/c1-11(2)8-9-17-16(18)14(5)19-15-7-6-12(3)10-13(15)4/h6-7,10-11,14H,8-9H2,1-5H3,(H,17,18)/t14-/m1/s1. The van der Waals surface area contributed by atoms with E-state index in [0.29, 0.717) is 12.5 Å². The summed E-state index contributed by atoms with van der Waals surface area (Å²) < 4.78 is 5.71. The molecular formula is C16H25NO2. The van der Waals surface area contributed by atoms with Gasteiger partial charge in [0.05, 0.1) is 0 Å². The number of aryl methyl sites for hydroxylation is 2. The molecule has 1 amide bonds. The lowest BCUT2D eigenvalue weighted by atomic mass is 10.1. The van der Waals surface area contributed by atoms with E-state index < -0.39 is 6.10 Å². The van der Waals surface area contributed by atoms with Crippen molar-refractivity contribution in [3.8, 4) is 5.75 Å². The van der Waals surface area contributed by atoms with Gasteiger partial charge in [0.2, 0.25) is 0 Å². The van der Waals surface area contributed by atoms with E-state index >= 15 is 0 Å². The first-order valence-electron chi connectivity index (χ1n) is 6.91. The van der Waals surface area contributed by atoms with Gasteiger partial charge in [-0.1, -0.05) is 31.5 Å². The van der Waals surface area contributed by atoms with Crippen LogP contribution in [-0.2, 0) is 4.79 Å². The third-order valence-corrected chi connectivity index (χ3v) is 3.02. The minimum absolute atomic E-state index is 0.0550. The number of carbonyl (C=O) groups is 1. The van der Waals surface area contributed by atoms with Gasteiger partial charge in [0, 0.05) is 6.54 Å². The predicted octanol–water partition coefficient (Wildman–Crippen LogP) is 3.23. The molecular weight excluding hydrogens is 238 g/mol. The monoisotopic (exact) mass is 263 g/mol. The largest absolute Gasteiger partial charge is 0.481 e. The van der Waals surface area contributed by atoms with Gasteiger partial charge >= 0.3 is 0 Å². The van der Waals surface area contributed by atoms with Gasteiger partial charge in [-0.25, -0.2) is 0 Å². The second kappa shape index (κ2) is 7.17. The number of nitrogens with one attached hydrogen (secondary N) is 1. The van der Waals surface area contributed by atoms with Crippen molar-refractivity contribution in [2.45, 2.75) is 47.1 Å². The Morgan fingerprint density at radius 2 is 1.95 bits per heavy atom. The summed E-state index contributed by atoms with van der Waals surface area (Å²) in [5.74, 6) is 1.31. The predicted molar refractivity (Wildman–Crippen MR) is 78.5 cm³/mol. The van der Waals surface area contributed by atoms with Gasteiger partial charge < -0.3 is 10.1 Å². The molecule has 0 heterocycles. The van der Waals surface area contributed by atoms with Gasteiger partial charge in [0.15, 0.2) is 6.10 Å². The zero-order valence-electron chi connectivity index (χ0n) is 12.6. The highest BCUT2D eigenvalue weighted by atomic mass is 16.5. The van der Waals surface area contributed by atoms with E-state index in [-0.39, 0.29) is 5.91 Å². The summed E-state index contributed by atoms with van der Waals surface area (Å²) >= 11 is 0. The topological polar surface area (TPSA) is 38.3 Å². The molecule has 0 saturated heterocycles. The SMILES string of the molecule is Cc1ccc(O[C@H](C)C(=O)NCCC(C)C)c(C)c1. The molecule has 19 heavy (non-hydrogen) atoms. The van der Waals surface area contributed by atoms with Crippen LogP contribution in [0.5, 0.6) is 5.75 Å². The Bertz CT molecular complexity index is 427. The van der Waals surface area contributed by atoms with Gasteiger partial charge in [-0.05, 0) is 44.7 Å². The van der Waals surface area contributed by atoms with Crippen LogP contribution in [0.2, 0.25) is 0 Å². The highest BCUT2D eigenvalue weighted by molar-refractivity contribution is 5.80. The third kappa shape index (κ3) is 5.33. The summed E-state index contributed by atoms with van der Waals surface area (Å²) in [7, 11) is 0. The number of ether oxygens (including phenoxy) is 1. The number of hydrogen-bond donors (Lipinski definition) is 1. The summed E-state index contributed by atoms with van der Waals surface area (Å²) in [6, 6.07) is 5.97. The molecule has 0 saturated carbocycles. The van der Waals surface area contributed by atoms with Crippen molar-refractivity contribution in [1.82, 2.24) is 5.32 Å². The zero-order chi connectivity index (χ0) is 14.4. The van der Waals surface area contributed by atoms with Crippen molar-refractivity contribution >= 4 is 5.91 Å². The summed E-state index contributed by atoms with van der Waals surface area (Å²) in [5.41, 5.74) is 2.25. The molecule has 0 spiro atoms. The quantitative estimate of drug-likeness (QED) is 0.855. The van der Waals surface area contributed by atoms with E-state index in [1.807, 2.05) is 26.0 Å². The average molecular weight is 263 g/mol. The second-order valence-electron chi connectivity index (χ2n) is 5.50. The van der Waals surface area contributed by atoms with Crippen molar-refractivity contribution in [2.24, 2.45) is 5.92 Å². The molecule has 106 valence electrons. The Labute approximate surface area is 116 Å². The van der Waals surface area contributed by atoms with Crippen LogP contribution in [0.1, 0.15) is 38.3 Å². The van der Waals surface area contributed by atoms with Crippen LogP contribution in [-0.4, -0.2) is 18.6 Å². The molecule has 1 atom stereocenters. The van der Waals surface area contributed by atoms with Crippen molar-refractivity contribution in [3.05, 3.63) is 29.3 Å². The smallest absolute Gasteiger partial charge is 0.260 e. The third-order valence-electron chi connectivity index (χ3n) is 3.02. The van der Waals surface area contributed by atoms with Crippen LogP contribution < -0.4 is 10.1 Å². The Morgan fingerprint density at radius 1 is 1.26 bits per heavy atom. The molecule has 1 aromatic rings. The molecule has 0 bridgehead atoms. The lowest BCUT2D eigenvalue weighted by Gasteiger charge is -2.17. The first-order chi connectivity index (χ1) is 8.90. The highest BCUT2D eigenvalue weighted by Gasteiger charge is 2.15. The molecule has 0 unspecified atom stereocenters. The minimum atomic E-state index is -0.464. The Morgan fingerprint density at radius 3 is 2.53 bits per heavy atom. The average Bonchev–Trinajstić information content (AvgIpc) is 2.32. The molecule has 0 aliphatic rings. The van der Waals surface area contributed by atoms with Crippen molar-refractivity contribution < 1.29 is 9.53 Å². The van der Waals surface area contributed by atoms with E-state index in [1.165, 1.54) is 5.56 Å². The number of benzene rings is 1. The normalized spacial score (nSPS) is 12.3. The molecule has 0 radical (unpaired) electrons. The van der Waals surface area contributed by atoms with Crippen LogP contribution >= 0.6 is 0 Å². The molecule has 0 aliphatic heterocycles. The van der Waals surface area contributed by atoms with Crippen molar-refractivity contribution in [1.29, 1.82) is 0 Å². The molecule has 0 fully saturated rings. The summed E-state index contributed by atoms with van der Waals surface area (Å²) in [5, 5.41) is 2.90. The van der Waals surface area contributed by atoms with Gasteiger partial charge in [-0.2, -0.15) is 0 Å². The molecule has 1 aromatic carbocycles. The van der Waals surface area contributed by atoms with Crippen molar-refractivity contribution in [3.63, 3.8) is 0 Å². The minimum Gasteiger partial charge on any atom is -0.481 e. The Hall–Kier alpha value is -1.51. The number of amides is 1. The lowest BCUT2D eigenvalue weighted by Crippen LogP contribution is -2.37. The molecule has 3 nitrogen and oxygen atoms in total. The van der Waals surface area contributed by atoms with E-state index in [0.717, 1.165) is 17.7 Å². The molecule has 0 aliphatic carbocycles. The highest BCUT2D eigenvalue weighted by Crippen LogP contribution is 2.20. The number of rotatable bonds is 6. The molecule has 1 rings (SSSR count). The molecule has 3 heteroatoms. The Kier molecular flexibility index (Phi) is 5.87. The number of hydrogen-bond acceptors (Lipinski definition) is 2. The lowest BCUT2D eigenvalue weighted by molar-refractivity contribution is -0.127.